The average molecular weight is 270 g/mol. The second kappa shape index (κ2) is 4.16. The Hall–Kier alpha value is -1.13. The van der Waals surface area contributed by atoms with Crippen molar-refractivity contribution in [3.8, 4) is 0 Å². The number of rotatable bonds is 2. The van der Waals surface area contributed by atoms with Crippen LogP contribution in [0.15, 0.2) is 45.5 Å². The van der Waals surface area contributed by atoms with Crippen molar-refractivity contribution in [3.63, 3.8) is 0 Å². The van der Waals surface area contributed by atoms with Crippen LogP contribution in [0.2, 0.25) is 0 Å². The molecule has 0 radical (unpaired) electrons. The summed E-state index contributed by atoms with van der Waals surface area (Å²) in [6.07, 6.45) is 1.52. The van der Waals surface area contributed by atoms with Crippen molar-refractivity contribution >= 4 is 15.9 Å². The van der Waals surface area contributed by atoms with Crippen molar-refractivity contribution in [2.45, 2.75) is 6.04 Å². The van der Waals surface area contributed by atoms with E-state index in [9.17, 15) is 4.39 Å². The van der Waals surface area contributed by atoms with Crippen LogP contribution in [0.5, 0.6) is 0 Å². The van der Waals surface area contributed by atoms with Crippen LogP contribution in [0.1, 0.15) is 17.4 Å². The van der Waals surface area contributed by atoms with Gasteiger partial charge in [-0.05, 0) is 24.3 Å². The van der Waals surface area contributed by atoms with Crippen LogP contribution in [0, 0.1) is 5.82 Å². The summed E-state index contributed by atoms with van der Waals surface area (Å²) in [5.41, 5.74) is 6.29. The lowest BCUT2D eigenvalue weighted by Gasteiger charge is -2.10. The van der Waals surface area contributed by atoms with E-state index in [1.54, 1.807) is 24.3 Å². The van der Waals surface area contributed by atoms with Crippen LogP contribution in [-0.4, -0.2) is 0 Å². The first kappa shape index (κ1) is 10.4. The predicted molar refractivity (Wildman–Crippen MR) is 58.8 cm³/mol. The van der Waals surface area contributed by atoms with E-state index >= 15 is 0 Å². The van der Waals surface area contributed by atoms with Gasteiger partial charge in [-0.15, -0.1) is 0 Å². The maximum atomic E-state index is 13.5. The first-order chi connectivity index (χ1) is 7.18. The molecule has 2 aromatic rings. The topological polar surface area (TPSA) is 39.2 Å². The Morgan fingerprint density at radius 2 is 2.13 bits per heavy atom. The van der Waals surface area contributed by atoms with Gasteiger partial charge in [0.05, 0.1) is 12.3 Å². The molecule has 0 amide bonds. The smallest absolute Gasteiger partial charge is 0.129 e. The molecule has 78 valence electrons. The lowest BCUT2D eigenvalue weighted by Crippen LogP contribution is -2.12. The number of hydrogen-bond donors (Lipinski definition) is 1. The molecule has 1 heterocycles. The molecule has 0 fully saturated rings. The monoisotopic (exact) mass is 269 g/mol. The van der Waals surface area contributed by atoms with Crippen LogP contribution in [-0.2, 0) is 0 Å². The highest BCUT2D eigenvalue weighted by atomic mass is 79.9. The van der Waals surface area contributed by atoms with Gasteiger partial charge < -0.3 is 10.2 Å². The Bertz CT molecular complexity index is 456. The standard InChI is InChI=1S/C11H9BrFNO/c12-7-3-4-8(9(13)6-7)11(14)10-2-1-5-15-10/h1-6,11H,14H2. The van der Waals surface area contributed by atoms with E-state index < -0.39 is 6.04 Å². The summed E-state index contributed by atoms with van der Waals surface area (Å²) in [5, 5.41) is 0. The Morgan fingerprint density at radius 1 is 1.33 bits per heavy atom. The number of nitrogens with two attached hydrogens (primary N) is 1. The van der Waals surface area contributed by atoms with Gasteiger partial charge in [0.15, 0.2) is 0 Å². The molecule has 15 heavy (non-hydrogen) atoms. The van der Waals surface area contributed by atoms with Gasteiger partial charge >= 0.3 is 0 Å². The van der Waals surface area contributed by atoms with Crippen molar-refractivity contribution in [3.05, 3.63) is 58.2 Å². The SMILES string of the molecule is NC(c1ccco1)c1ccc(Br)cc1F. The Balaban J connectivity index is 2.38. The molecule has 0 saturated carbocycles. The molecular weight excluding hydrogens is 261 g/mol. The summed E-state index contributed by atoms with van der Waals surface area (Å²) in [7, 11) is 0. The molecule has 1 aromatic carbocycles. The van der Waals surface area contributed by atoms with Crippen LogP contribution in [0.4, 0.5) is 4.39 Å². The van der Waals surface area contributed by atoms with Crippen molar-refractivity contribution < 1.29 is 8.81 Å². The van der Waals surface area contributed by atoms with Crippen molar-refractivity contribution in [1.82, 2.24) is 0 Å². The van der Waals surface area contributed by atoms with E-state index in [0.717, 1.165) is 0 Å². The molecule has 2 N–H and O–H groups in total. The summed E-state index contributed by atoms with van der Waals surface area (Å²) in [4.78, 5) is 0. The zero-order valence-electron chi connectivity index (χ0n) is 7.78. The van der Waals surface area contributed by atoms with E-state index in [0.29, 0.717) is 15.8 Å². The molecule has 2 nitrogen and oxygen atoms in total. The van der Waals surface area contributed by atoms with E-state index in [1.807, 2.05) is 0 Å². The van der Waals surface area contributed by atoms with Gasteiger partial charge in [-0.25, -0.2) is 4.39 Å². The fraction of sp³-hybridized carbons (Fsp3) is 0.0909. The Labute approximate surface area is 95.0 Å². The fourth-order valence-corrected chi connectivity index (χ4v) is 1.71. The molecule has 0 aliphatic carbocycles. The highest BCUT2D eigenvalue weighted by Gasteiger charge is 2.15. The molecular formula is C11H9BrFNO. The Morgan fingerprint density at radius 3 is 2.73 bits per heavy atom. The second-order valence-corrected chi connectivity index (χ2v) is 4.07. The molecule has 0 spiro atoms. The normalized spacial score (nSPS) is 12.7. The zero-order chi connectivity index (χ0) is 10.8. The molecule has 0 aliphatic rings. The van der Waals surface area contributed by atoms with Crippen LogP contribution >= 0.6 is 15.9 Å². The number of furan rings is 1. The predicted octanol–water partition coefficient (Wildman–Crippen LogP) is 3.23. The molecule has 0 bridgehead atoms. The van der Waals surface area contributed by atoms with E-state index in [1.165, 1.54) is 12.3 Å². The molecule has 1 aromatic heterocycles. The molecule has 0 saturated heterocycles. The summed E-state index contributed by atoms with van der Waals surface area (Å²) in [5.74, 6) is 0.212. The highest BCUT2D eigenvalue weighted by molar-refractivity contribution is 9.10. The number of hydrogen-bond acceptors (Lipinski definition) is 2. The highest BCUT2D eigenvalue weighted by Crippen LogP contribution is 2.24. The van der Waals surface area contributed by atoms with Crippen LogP contribution in [0.3, 0.4) is 0 Å². The second-order valence-electron chi connectivity index (χ2n) is 3.16. The zero-order valence-corrected chi connectivity index (χ0v) is 9.37. The van der Waals surface area contributed by atoms with Crippen LogP contribution < -0.4 is 5.73 Å². The van der Waals surface area contributed by atoms with Crippen molar-refractivity contribution in [2.24, 2.45) is 5.73 Å². The molecule has 1 atom stereocenters. The first-order valence-corrected chi connectivity index (χ1v) is 5.21. The maximum Gasteiger partial charge on any atom is 0.129 e. The molecule has 4 heteroatoms. The minimum atomic E-state index is -0.562. The lowest BCUT2D eigenvalue weighted by molar-refractivity contribution is 0.480. The van der Waals surface area contributed by atoms with Gasteiger partial charge in [0.2, 0.25) is 0 Å². The maximum absolute atomic E-state index is 13.5. The summed E-state index contributed by atoms with van der Waals surface area (Å²) in [6, 6.07) is 7.68. The molecule has 1 unspecified atom stereocenters. The van der Waals surface area contributed by atoms with Crippen molar-refractivity contribution in [2.75, 3.05) is 0 Å². The molecule has 0 aliphatic heterocycles. The molecule has 2 rings (SSSR count). The van der Waals surface area contributed by atoms with Gasteiger partial charge in [0.1, 0.15) is 11.6 Å². The van der Waals surface area contributed by atoms with Gasteiger partial charge in [-0.1, -0.05) is 22.0 Å². The minimum absolute atomic E-state index is 0.340. The van der Waals surface area contributed by atoms with E-state index in [2.05, 4.69) is 15.9 Å². The van der Waals surface area contributed by atoms with Gasteiger partial charge in [-0.2, -0.15) is 0 Å². The van der Waals surface area contributed by atoms with Gasteiger partial charge in [0, 0.05) is 10.0 Å². The van der Waals surface area contributed by atoms with Gasteiger partial charge in [0.25, 0.3) is 0 Å². The largest absolute Gasteiger partial charge is 0.467 e. The average Bonchev–Trinajstić information content (AvgIpc) is 2.69. The van der Waals surface area contributed by atoms with Gasteiger partial charge in [-0.3, -0.25) is 0 Å². The third-order valence-corrected chi connectivity index (χ3v) is 2.64. The third kappa shape index (κ3) is 2.11. The third-order valence-electron chi connectivity index (χ3n) is 2.15. The summed E-state index contributed by atoms with van der Waals surface area (Å²) < 4.78 is 19.4. The lowest BCUT2D eigenvalue weighted by atomic mass is 10.1. The van der Waals surface area contributed by atoms with Crippen molar-refractivity contribution in [1.29, 1.82) is 0 Å². The summed E-state index contributed by atoms with van der Waals surface area (Å²) in [6.45, 7) is 0. The Kier molecular flexibility index (Phi) is 2.88. The first-order valence-electron chi connectivity index (χ1n) is 4.42. The number of benzene rings is 1. The van der Waals surface area contributed by atoms with E-state index in [4.69, 9.17) is 10.2 Å². The van der Waals surface area contributed by atoms with E-state index in [-0.39, 0.29) is 5.82 Å². The number of halogens is 2. The minimum Gasteiger partial charge on any atom is -0.467 e. The fourth-order valence-electron chi connectivity index (χ4n) is 1.38. The quantitative estimate of drug-likeness (QED) is 0.909. The van der Waals surface area contributed by atoms with Crippen LogP contribution in [0.25, 0.3) is 0 Å². The summed E-state index contributed by atoms with van der Waals surface area (Å²) >= 11 is 3.19.